The molecule has 0 unspecified atom stereocenters. The second-order valence-electron chi connectivity index (χ2n) is 6.89. The predicted molar refractivity (Wildman–Crippen MR) is 116 cm³/mol. The highest BCUT2D eigenvalue weighted by molar-refractivity contribution is 6.34. The lowest BCUT2D eigenvalue weighted by atomic mass is 10.1. The standard InChI is InChI=1S/C21H20Cl2N4O2/c1-12(24-13(2)21-25-17-5-4-15(22)10-18(17)26-21)14-3-6-19(16(23)9-14)27-7-8-29-11-20(27)28/h3-6,9-10,13,24H,1,7-8,11H2,2H3,(H,25,26)/t13-/m0/s1. The Balaban J connectivity index is 1.50. The number of halogens is 2. The molecule has 29 heavy (non-hydrogen) atoms. The maximum atomic E-state index is 12.1. The minimum absolute atomic E-state index is 0.0760. The molecule has 0 radical (unpaired) electrons. The lowest BCUT2D eigenvalue weighted by Gasteiger charge is -2.28. The van der Waals surface area contributed by atoms with E-state index in [4.69, 9.17) is 27.9 Å². The predicted octanol–water partition coefficient (Wildman–Crippen LogP) is 4.55. The Bertz CT molecular complexity index is 1100. The first-order valence-corrected chi connectivity index (χ1v) is 9.96. The van der Waals surface area contributed by atoms with Crippen LogP contribution in [0.4, 0.5) is 5.69 Å². The van der Waals surface area contributed by atoms with Crippen LogP contribution in [-0.4, -0.2) is 35.6 Å². The highest BCUT2D eigenvalue weighted by atomic mass is 35.5. The van der Waals surface area contributed by atoms with Crippen molar-refractivity contribution in [2.45, 2.75) is 13.0 Å². The zero-order valence-corrected chi connectivity index (χ0v) is 17.3. The van der Waals surface area contributed by atoms with Crippen LogP contribution in [0.3, 0.4) is 0 Å². The van der Waals surface area contributed by atoms with Gasteiger partial charge in [0.1, 0.15) is 12.4 Å². The number of H-pyrrole nitrogens is 1. The number of rotatable bonds is 5. The number of fused-ring (bicyclic) bond motifs is 1. The molecule has 1 fully saturated rings. The molecule has 2 N–H and O–H groups in total. The van der Waals surface area contributed by atoms with Crippen LogP contribution >= 0.6 is 23.2 Å². The number of carbonyl (C=O) groups excluding carboxylic acids is 1. The summed E-state index contributed by atoms with van der Waals surface area (Å²) in [5.41, 5.74) is 3.96. The van der Waals surface area contributed by atoms with E-state index < -0.39 is 0 Å². The van der Waals surface area contributed by atoms with E-state index in [-0.39, 0.29) is 18.6 Å². The van der Waals surface area contributed by atoms with Crippen molar-refractivity contribution >= 4 is 51.5 Å². The summed E-state index contributed by atoms with van der Waals surface area (Å²) in [5, 5.41) is 4.48. The summed E-state index contributed by atoms with van der Waals surface area (Å²) in [5.74, 6) is 0.687. The minimum atomic E-state index is -0.104. The van der Waals surface area contributed by atoms with E-state index in [9.17, 15) is 4.79 Å². The molecule has 4 rings (SSSR count). The molecular formula is C21H20Cl2N4O2. The molecule has 2 aromatic carbocycles. The molecule has 0 aliphatic carbocycles. The monoisotopic (exact) mass is 430 g/mol. The smallest absolute Gasteiger partial charge is 0.253 e. The number of nitrogens with one attached hydrogen (secondary N) is 2. The van der Waals surface area contributed by atoms with Gasteiger partial charge in [0.2, 0.25) is 0 Å². The topological polar surface area (TPSA) is 70.2 Å². The van der Waals surface area contributed by atoms with Gasteiger partial charge >= 0.3 is 0 Å². The lowest BCUT2D eigenvalue weighted by Crippen LogP contribution is -2.41. The molecule has 1 aromatic heterocycles. The van der Waals surface area contributed by atoms with E-state index in [1.54, 1.807) is 11.0 Å². The van der Waals surface area contributed by atoms with Crippen molar-refractivity contribution in [2.24, 2.45) is 0 Å². The number of anilines is 1. The average Bonchev–Trinajstić information content (AvgIpc) is 3.12. The molecule has 1 saturated heterocycles. The normalized spacial score (nSPS) is 15.6. The van der Waals surface area contributed by atoms with Crippen LogP contribution in [0.25, 0.3) is 16.7 Å². The second-order valence-corrected chi connectivity index (χ2v) is 7.74. The van der Waals surface area contributed by atoms with Crippen LogP contribution in [0.5, 0.6) is 0 Å². The SMILES string of the molecule is C=C(N[C@@H](C)c1nc2cc(Cl)ccc2[nH]1)c1ccc(N2CCOCC2=O)c(Cl)c1. The minimum Gasteiger partial charge on any atom is -0.375 e. The fraction of sp³-hybridized carbons (Fsp3) is 0.238. The first-order valence-electron chi connectivity index (χ1n) is 9.21. The highest BCUT2D eigenvalue weighted by Gasteiger charge is 2.22. The number of amides is 1. The van der Waals surface area contributed by atoms with Crippen molar-refractivity contribution in [3.63, 3.8) is 0 Å². The Morgan fingerprint density at radius 3 is 2.90 bits per heavy atom. The van der Waals surface area contributed by atoms with Crippen molar-refractivity contribution in [1.29, 1.82) is 0 Å². The number of hydrogen-bond acceptors (Lipinski definition) is 4. The number of aromatic nitrogens is 2. The third-order valence-corrected chi connectivity index (χ3v) is 5.37. The van der Waals surface area contributed by atoms with Crippen molar-refractivity contribution in [3.05, 3.63) is 64.4 Å². The van der Waals surface area contributed by atoms with Crippen LogP contribution in [0.2, 0.25) is 10.0 Å². The summed E-state index contributed by atoms with van der Waals surface area (Å²) in [7, 11) is 0. The van der Waals surface area contributed by atoms with Crippen LogP contribution < -0.4 is 10.2 Å². The summed E-state index contributed by atoms with van der Waals surface area (Å²) in [6, 6.07) is 11.0. The van der Waals surface area contributed by atoms with Gasteiger partial charge in [0.25, 0.3) is 5.91 Å². The van der Waals surface area contributed by atoms with Crippen molar-refractivity contribution in [2.75, 3.05) is 24.7 Å². The van der Waals surface area contributed by atoms with Gasteiger partial charge in [-0.05, 0) is 42.8 Å². The fourth-order valence-electron chi connectivity index (χ4n) is 3.30. The maximum Gasteiger partial charge on any atom is 0.253 e. The van der Waals surface area contributed by atoms with Gasteiger partial charge in [-0.2, -0.15) is 0 Å². The van der Waals surface area contributed by atoms with Gasteiger partial charge in [0.05, 0.1) is 34.4 Å². The molecule has 1 aliphatic heterocycles. The Labute approximate surface area is 178 Å². The van der Waals surface area contributed by atoms with Crippen molar-refractivity contribution in [1.82, 2.24) is 15.3 Å². The average molecular weight is 431 g/mol. The third-order valence-electron chi connectivity index (χ3n) is 4.84. The fourth-order valence-corrected chi connectivity index (χ4v) is 3.75. The van der Waals surface area contributed by atoms with Gasteiger partial charge in [-0.25, -0.2) is 4.98 Å². The van der Waals surface area contributed by atoms with Gasteiger partial charge in [0.15, 0.2) is 0 Å². The molecule has 2 heterocycles. The number of carbonyl (C=O) groups is 1. The van der Waals surface area contributed by atoms with E-state index in [0.29, 0.717) is 34.6 Å². The summed E-state index contributed by atoms with van der Waals surface area (Å²) >= 11 is 12.5. The van der Waals surface area contributed by atoms with E-state index in [1.165, 1.54) is 0 Å². The zero-order chi connectivity index (χ0) is 20.5. The Morgan fingerprint density at radius 2 is 2.14 bits per heavy atom. The molecule has 1 atom stereocenters. The first kappa shape index (κ1) is 19.8. The Kier molecular flexibility index (Phi) is 5.50. The molecule has 150 valence electrons. The molecular weight excluding hydrogens is 411 g/mol. The van der Waals surface area contributed by atoms with E-state index >= 15 is 0 Å². The van der Waals surface area contributed by atoms with Gasteiger partial charge in [-0.3, -0.25) is 4.79 Å². The van der Waals surface area contributed by atoms with Crippen molar-refractivity contribution < 1.29 is 9.53 Å². The molecule has 0 bridgehead atoms. The second kappa shape index (κ2) is 8.06. The third kappa shape index (κ3) is 4.10. The van der Waals surface area contributed by atoms with Crippen LogP contribution in [-0.2, 0) is 9.53 Å². The van der Waals surface area contributed by atoms with Crippen LogP contribution in [0, 0.1) is 0 Å². The number of aromatic amines is 1. The van der Waals surface area contributed by atoms with Gasteiger partial charge in [-0.15, -0.1) is 0 Å². The first-order chi connectivity index (χ1) is 13.9. The molecule has 0 saturated carbocycles. The molecule has 8 heteroatoms. The number of benzene rings is 2. The number of imidazole rings is 1. The molecule has 0 spiro atoms. The molecule has 6 nitrogen and oxygen atoms in total. The highest BCUT2D eigenvalue weighted by Crippen LogP contribution is 2.30. The van der Waals surface area contributed by atoms with Gasteiger partial charge in [0, 0.05) is 17.3 Å². The van der Waals surface area contributed by atoms with Crippen molar-refractivity contribution in [3.8, 4) is 0 Å². The van der Waals surface area contributed by atoms with Gasteiger partial charge in [-0.1, -0.05) is 35.8 Å². The largest absolute Gasteiger partial charge is 0.375 e. The quantitative estimate of drug-likeness (QED) is 0.622. The van der Waals surface area contributed by atoms with E-state index in [1.807, 2.05) is 37.3 Å². The molecule has 3 aromatic rings. The maximum absolute atomic E-state index is 12.1. The number of ether oxygens (including phenoxy) is 1. The van der Waals surface area contributed by atoms with Gasteiger partial charge < -0.3 is 19.9 Å². The summed E-state index contributed by atoms with van der Waals surface area (Å²) in [6.45, 7) is 7.18. The number of hydrogen-bond donors (Lipinski definition) is 2. The van der Waals surface area contributed by atoms with Crippen LogP contribution in [0.15, 0.2) is 43.0 Å². The Hall–Kier alpha value is -2.54. The summed E-state index contributed by atoms with van der Waals surface area (Å²) in [6.07, 6.45) is 0. The van der Waals surface area contributed by atoms with E-state index in [0.717, 1.165) is 22.4 Å². The lowest BCUT2D eigenvalue weighted by molar-refractivity contribution is -0.125. The van der Waals surface area contributed by atoms with Crippen LogP contribution in [0.1, 0.15) is 24.4 Å². The number of nitrogens with zero attached hydrogens (tertiary/aromatic N) is 2. The van der Waals surface area contributed by atoms with E-state index in [2.05, 4.69) is 21.9 Å². The Morgan fingerprint density at radius 1 is 1.31 bits per heavy atom. The summed E-state index contributed by atoms with van der Waals surface area (Å²) < 4.78 is 5.17. The molecule has 1 aliphatic rings. The summed E-state index contributed by atoms with van der Waals surface area (Å²) in [4.78, 5) is 21.6. The zero-order valence-electron chi connectivity index (χ0n) is 15.8. The number of morpholine rings is 1. The molecule has 1 amide bonds.